The molecule has 2 heterocycles. The van der Waals surface area contributed by atoms with E-state index in [2.05, 4.69) is 15.0 Å². The first-order chi connectivity index (χ1) is 4.86. The SMILES string of the molecule is Cc1bc2cncnc2[nH]1. The van der Waals surface area contributed by atoms with Gasteiger partial charge in [-0.3, -0.25) is 0 Å². The minimum atomic E-state index is 0.910. The monoisotopic (exact) mass is 131 g/mol. The molecule has 3 nitrogen and oxygen atoms in total. The zero-order valence-electron chi connectivity index (χ0n) is 5.63. The molecule has 0 fully saturated rings. The van der Waals surface area contributed by atoms with Crippen molar-refractivity contribution in [1.29, 1.82) is 0 Å². The predicted octanol–water partition coefficient (Wildman–Crippen LogP) is 0.604. The fraction of sp³-hybridized carbons (Fsp3) is 0.167. The van der Waals surface area contributed by atoms with E-state index in [1.54, 1.807) is 6.20 Å². The molecule has 0 unspecified atom stereocenters. The van der Waals surface area contributed by atoms with Crippen molar-refractivity contribution in [1.82, 2.24) is 15.0 Å². The molecule has 2 aromatic rings. The third-order valence-electron chi connectivity index (χ3n) is 1.43. The average Bonchev–Trinajstić information content (AvgIpc) is 2.27. The van der Waals surface area contributed by atoms with Crippen molar-refractivity contribution in [2.75, 3.05) is 0 Å². The summed E-state index contributed by atoms with van der Waals surface area (Å²) in [5, 5.41) is 1.07. The molecular weight excluding hydrogens is 125 g/mol. The fourth-order valence-electron chi connectivity index (χ4n) is 1.01. The Bertz CT molecular complexity index is 322. The van der Waals surface area contributed by atoms with Gasteiger partial charge in [0.15, 0.2) is 0 Å². The number of aromatic amines is 1. The zero-order chi connectivity index (χ0) is 6.97. The molecule has 0 aliphatic carbocycles. The molecule has 1 N–H and O–H groups in total. The number of fused-ring (bicyclic) bond motifs is 1. The molecule has 0 bridgehead atoms. The van der Waals surface area contributed by atoms with Crippen molar-refractivity contribution in [3.05, 3.63) is 18.1 Å². The van der Waals surface area contributed by atoms with Gasteiger partial charge in [-0.2, -0.15) is 0 Å². The number of aryl methyl sites for hydroxylation is 1. The van der Waals surface area contributed by atoms with E-state index in [9.17, 15) is 0 Å². The van der Waals surface area contributed by atoms with E-state index in [0.29, 0.717) is 0 Å². The fourth-order valence-corrected chi connectivity index (χ4v) is 1.01. The minimum absolute atomic E-state index is 0.910. The maximum absolute atomic E-state index is 4.04. The van der Waals surface area contributed by atoms with E-state index in [1.807, 2.05) is 13.8 Å². The maximum atomic E-state index is 4.04. The predicted molar refractivity (Wildman–Crippen MR) is 40.0 cm³/mol. The number of nitrogens with one attached hydrogen (secondary N) is 1. The van der Waals surface area contributed by atoms with Gasteiger partial charge in [0.2, 0.25) is 0 Å². The third kappa shape index (κ3) is 0.726. The second-order valence-electron chi connectivity index (χ2n) is 2.28. The summed E-state index contributed by atoms with van der Waals surface area (Å²) in [6, 6.07) is 0. The Morgan fingerprint density at radius 2 is 2.50 bits per heavy atom. The molecule has 0 spiro atoms. The van der Waals surface area contributed by atoms with Gasteiger partial charge in [-0.1, -0.05) is 0 Å². The van der Waals surface area contributed by atoms with Crippen molar-refractivity contribution < 1.29 is 0 Å². The van der Waals surface area contributed by atoms with Crippen LogP contribution in [-0.4, -0.2) is 21.9 Å². The second-order valence-corrected chi connectivity index (χ2v) is 2.28. The Balaban J connectivity index is 2.88. The van der Waals surface area contributed by atoms with Crippen LogP contribution < -0.4 is 0 Å². The quantitative estimate of drug-likeness (QED) is 0.568. The molecule has 2 rings (SSSR count). The molecule has 0 aliphatic rings. The summed E-state index contributed by atoms with van der Waals surface area (Å²) < 4.78 is 0. The van der Waals surface area contributed by atoms with Crippen LogP contribution in [0, 0.1) is 6.92 Å². The standard InChI is InChI=1S/C6H6BN3/c1-4-7-5-2-8-3-9-6(5)10-4/h2-3H,1H3,(H,8,9,10). The van der Waals surface area contributed by atoms with Gasteiger partial charge in [0.25, 0.3) is 0 Å². The number of nitrogens with zero attached hydrogens (tertiary/aromatic N) is 2. The summed E-state index contributed by atoms with van der Waals surface area (Å²) in [5.41, 5.74) is 2.03. The Labute approximate surface area is 58.7 Å². The third-order valence-corrected chi connectivity index (χ3v) is 1.43. The van der Waals surface area contributed by atoms with Crippen LogP contribution in [0.2, 0.25) is 0 Å². The van der Waals surface area contributed by atoms with Gasteiger partial charge in [0.1, 0.15) is 0 Å². The van der Waals surface area contributed by atoms with E-state index < -0.39 is 0 Å². The molecule has 0 saturated carbocycles. The molecule has 0 aromatic carbocycles. The van der Waals surface area contributed by atoms with Crippen molar-refractivity contribution >= 4 is 17.8 Å². The number of hydrogen-bond acceptors (Lipinski definition) is 2. The first-order valence-electron chi connectivity index (χ1n) is 3.11. The zero-order valence-corrected chi connectivity index (χ0v) is 5.63. The topological polar surface area (TPSA) is 41.6 Å². The molecule has 0 radical (unpaired) electrons. The van der Waals surface area contributed by atoms with Crippen molar-refractivity contribution in [3.8, 4) is 0 Å². The molecule has 2 aromatic heterocycles. The van der Waals surface area contributed by atoms with E-state index >= 15 is 0 Å². The van der Waals surface area contributed by atoms with Gasteiger partial charge >= 0.3 is 57.8 Å². The first kappa shape index (κ1) is 5.59. The summed E-state index contributed by atoms with van der Waals surface area (Å²) >= 11 is 0. The number of H-pyrrole nitrogens is 1. The Morgan fingerprint density at radius 1 is 1.60 bits per heavy atom. The molecule has 48 valence electrons. The number of rotatable bonds is 0. The number of aromatic nitrogens is 3. The van der Waals surface area contributed by atoms with Crippen molar-refractivity contribution in [3.63, 3.8) is 0 Å². The summed E-state index contributed by atoms with van der Waals surface area (Å²) in [6.45, 7) is 4.02. The van der Waals surface area contributed by atoms with Crippen LogP contribution in [-0.2, 0) is 0 Å². The van der Waals surface area contributed by atoms with E-state index in [4.69, 9.17) is 0 Å². The van der Waals surface area contributed by atoms with Crippen LogP contribution in [0.4, 0.5) is 0 Å². The van der Waals surface area contributed by atoms with Crippen LogP contribution in [0.15, 0.2) is 12.5 Å². The number of hydrogen-bond donors (Lipinski definition) is 1. The second kappa shape index (κ2) is 1.90. The van der Waals surface area contributed by atoms with Crippen LogP contribution in [0.25, 0.3) is 10.9 Å². The normalized spacial score (nSPS) is 10.1. The van der Waals surface area contributed by atoms with E-state index in [0.717, 1.165) is 16.5 Å². The Morgan fingerprint density at radius 3 is 3.30 bits per heavy atom. The first-order valence-corrected chi connectivity index (χ1v) is 3.11. The summed E-state index contributed by atoms with van der Waals surface area (Å²) in [4.78, 5) is 11.0. The Hall–Kier alpha value is -1.19. The van der Waals surface area contributed by atoms with Gasteiger partial charge in [0.05, 0.1) is 0 Å². The molecule has 0 aliphatic heterocycles. The van der Waals surface area contributed by atoms with Crippen LogP contribution in [0.3, 0.4) is 0 Å². The van der Waals surface area contributed by atoms with E-state index in [1.165, 1.54) is 6.33 Å². The summed E-state index contributed by atoms with van der Waals surface area (Å²) in [7, 11) is 0. The van der Waals surface area contributed by atoms with Crippen molar-refractivity contribution in [2.45, 2.75) is 6.92 Å². The van der Waals surface area contributed by atoms with Gasteiger partial charge in [-0.15, -0.1) is 0 Å². The molecule has 0 amide bonds. The van der Waals surface area contributed by atoms with Gasteiger partial charge in [0, 0.05) is 0 Å². The van der Waals surface area contributed by atoms with Gasteiger partial charge in [-0.25, -0.2) is 0 Å². The van der Waals surface area contributed by atoms with Crippen LogP contribution in [0.1, 0.15) is 5.59 Å². The van der Waals surface area contributed by atoms with Crippen LogP contribution in [0.5, 0.6) is 0 Å². The van der Waals surface area contributed by atoms with Crippen LogP contribution >= 0.6 is 0 Å². The molecular formula is C6H6BN3. The summed E-state index contributed by atoms with van der Waals surface area (Å²) in [6.07, 6.45) is 3.34. The summed E-state index contributed by atoms with van der Waals surface area (Å²) in [5.74, 6) is 0. The van der Waals surface area contributed by atoms with Gasteiger partial charge in [-0.05, 0) is 0 Å². The molecule has 10 heavy (non-hydrogen) atoms. The van der Waals surface area contributed by atoms with Gasteiger partial charge < -0.3 is 0 Å². The molecule has 0 saturated heterocycles. The molecule has 0 atom stereocenters. The van der Waals surface area contributed by atoms with E-state index in [-0.39, 0.29) is 0 Å². The van der Waals surface area contributed by atoms with Crippen molar-refractivity contribution in [2.24, 2.45) is 0 Å². The average molecular weight is 131 g/mol. The molecule has 4 heteroatoms. The Kier molecular flexibility index (Phi) is 1.06.